The van der Waals surface area contributed by atoms with Crippen LogP contribution in [0.5, 0.6) is 11.5 Å². The van der Waals surface area contributed by atoms with Crippen LogP contribution >= 0.6 is 0 Å². The van der Waals surface area contributed by atoms with Crippen molar-refractivity contribution in [1.82, 2.24) is 0 Å². The molecule has 0 bridgehead atoms. The maximum absolute atomic E-state index is 12.2. The van der Waals surface area contributed by atoms with Crippen molar-refractivity contribution < 1.29 is 18.8 Å². The van der Waals surface area contributed by atoms with E-state index >= 15 is 0 Å². The average Bonchev–Trinajstić information content (AvgIpc) is 3.15. The number of hydrogen-bond donors (Lipinski definition) is 0. The minimum atomic E-state index is -0.452. The molecule has 1 aliphatic rings. The van der Waals surface area contributed by atoms with Gasteiger partial charge in [0.1, 0.15) is 23.7 Å². The van der Waals surface area contributed by atoms with E-state index in [1.54, 1.807) is 6.07 Å². The van der Waals surface area contributed by atoms with E-state index in [1.165, 1.54) is 19.2 Å². The van der Waals surface area contributed by atoms with E-state index in [0.29, 0.717) is 34.6 Å². The lowest BCUT2D eigenvalue weighted by molar-refractivity contribution is -0.385. The lowest BCUT2D eigenvalue weighted by Crippen LogP contribution is -2.08. The van der Waals surface area contributed by atoms with E-state index in [2.05, 4.69) is 0 Å². The number of nitro groups is 1. The number of aryl methyl sites for hydroxylation is 2. The molecule has 0 saturated carbocycles. The summed E-state index contributed by atoms with van der Waals surface area (Å²) >= 11 is 0. The summed E-state index contributed by atoms with van der Waals surface area (Å²) in [5.41, 5.74) is 3.36. The Kier molecular flexibility index (Phi) is 4.50. The van der Waals surface area contributed by atoms with Gasteiger partial charge in [0.15, 0.2) is 0 Å². The highest BCUT2D eigenvalue weighted by Crippen LogP contribution is 2.36. The molecule has 0 spiro atoms. The van der Waals surface area contributed by atoms with Crippen LogP contribution in [0.15, 0.2) is 39.5 Å². The molecule has 0 aliphatic heterocycles. The fourth-order valence-corrected chi connectivity index (χ4v) is 3.77. The van der Waals surface area contributed by atoms with Crippen molar-refractivity contribution in [3.63, 3.8) is 0 Å². The smallest absolute Gasteiger partial charge is 0.339 e. The van der Waals surface area contributed by atoms with Crippen molar-refractivity contribution in [2.75, 3.05) is 7.11 Å². The summed E-state index contributed by atoms with van der Waals surface area (Å²) in [6.45, 7) is 1.99. The molecule has 28 heavy (non-hydrogen) atoms. The maximum atomic E-state index is 12.2. The summed E-state index contributed by atoms with van der Waals surface area (Å²) < 4.78 is 16.9. The van der Waals surface area contributed by atoms with Gasteiger partial charge in [-0.2, -0.15) is 0 Å². The number of non-ortho nitro benzene ring substituents is 1. The molecule has 1 heterocycles. The van der Waals surface area contributed by atoms with Crippen LogP contribution in [0.25, 0.3) is 11.0 Å². The van der Waals surface area contributed by atoms with E-state index < -0.39 is 4.92 Å². The van der Waals surface area contributed by atoms with Crippen molar-refractivity contribution >= 4 is 16.7 Å². The zero-order valence-electron chi connectivity index (χ0n) is 15.6. The van der Waals surface area contributed by atoms with E-state index in [-0.39, 0.29) is 17.9 Å². The first-order valence-electron chi connectivity index (χ1n) is 9.01. The summed E-state index contributed by atoms with van der Waals surface area (Å²) in [5.74, 6) is 1.12. The molecule has 4 rings (SSSR count). The Hall–Kier alpha value is -3.35. The Morgan fingerprint density at radius 2 is 1.93 bits per heavy atom. The number of ether oxygens (including phenoxy) is 2. The van der Waals surface area contributed by atoms with Crippen LogP contribution in [-0.4, -0.2) is 12.0 Å². The number of rotatable bonds is 5. The maximum Gasteiger partial charge on any atom is 0.339 e. The van der Waals surface area contributed by atoms with Crippen LogP contribution in [0.4, 0.5) is 5.69 Å². The molecular formula is C21H19NO6. The quantitative estimate of drug-likeness (QED) is 0.376. The highest BCUT2D eigenvalue weighted by atomic mass is 16.6. The molecule has 1 aromatic heterocycles. The molecule has 0 fully saturated rings. The van der Waals surface area contributed by atoms with Gasteiger partial charge >= 0.3 is 5.63 Å². The Balaban J connectivity index is 1.77. The van der Waals surface area contributed by atoms with Gasteiger partial charge in [-0.15, -0.1) is 0 Å². The van der Waals surface area contributed by atoms with Crippen molar-refractivity contribution in [3.8, 4) is 11.5 Å². The van der Waals surface area contributed by atoms with Crippen molar-refractivity contribution in [2.24, 2.45) is 0 Å². The van der Waals surface area contributed by atoms with Gasteiger partial charge in [-0.3, -0.25) is 10.1 Å². The summed E-state index contributed by atoms with van der Waals surface area (Å²) in [6, 6.07) is 8.12. The lowest BCUT2D eigenvalue weighted by atomic mass is 10.0. The minimum absolute atomic E-state index is 0.0274. The fourth-order valence-electron chi connectivity index (χ4n) is 3.77. The Bertz CT molecular complexity index is 1150. The summed E-state index contributed by atoms with van der Waals surface area (Å²) in [5, 5.41) is 11.9. The van der Waals surface area contributed by atoms with Gasteiger partial charge in [-0.1, -0.05) is 0 Å². The van der Waals surface area contributed by atoms with Crippen molar-refractivity contribution in [3.05, 3.63) is 73.1 Å². The lowest BCUT2D eigenvalue weighted by Gasteiger charge is -2.14. The summed E-state index contributed by atoms with van der Waals surface area (Å²) in [7, 11) is 1.51. The van der Waals surface area contributed by atoms with Crippen LogP contribution in [0, 0.1) is 17.0 Å². The topological polar surface area (TPSA) is 91.8 Å². The zero-order valence-corrected chi connectivity index (χ0v) is 15.6. The van der Waals surface area contributed by atoms with Gasteiger partial charge in [0, 0.05) is 23.3 Å². The second kappa shape index (κ2) is 6.99. The van der Waals surface area contributed by atoms with Gasteiger partial charge < -0.3 is 13.9 Å². The van der Waals surface area contributed by atoms with Gasteiger partial charge in [0.05, 0.1) is 17.4 Å². The van der Waals surface area contributed by atoms with Crippen LogP contribution in [0.1, 0.15) is 28.7 Å². The molecule has 0 radical (unpaired) electrons. The minimum Gasteiger partial charge on any atom is -0.496 e. The van der Waals surface area contributed by atoms with Crippen LogP contribution in [-0.2, 0) is 19.4 Å². The number of nitrogens with zero attached hydrogens (tertiary/aromatic N) is 1. The second-order valence-electron chi connectivity index (χ2n) is 6.88. The van der Waals surface area contributed by atoms with Gasteiger partial charge in [0.2, 0.25) is 0 Å². The highest BCUT2D eigenvalue weighted by Gasteiger charge is 2.23. The molecule has 0 unspecified atom stereocenters. The summed E-state index contributed by atoms with van der Waals surface area (Å²) in [6.07, 6.45) is 2.42. The van der Waals surface area contributed by atoms with Crippen molar-refractivity contribution in [2.45, 2.75) is 32.8 Å². The number of methoxy groups -OCH3 is 1. The highest BCUT2D eigenvalue weighted by molar-refractivity contribution is 5.88. The fraction of sp³-hybridized carbons (Fsp3) is 0.286. The van der Waals surface area contributed by atoms with Gasteiger partial charge in [-0.25, -0.2) is 4.79 Å². The van der Waals surface area contributed by atoms with E-state index in [4.69, 9.17) is 13.9 Å². The Labute approximate surface area is 160 Å². The third-order valence-corrected chi connectivity index (χ3v) is 5.04. The summed E-state index contributed by atoms with van der Waals surface area (Å²) in [4.78, 5) is 22.9. The standard InChI is InChI=1S/C21H19NO6/c1-12-8-18(20-15-4-3-5-16(15)21(23)28-19(20)9-12)27-11-13-10-14(22(24)25)6-7-17(13)26-2/h6-10H,3-5,11H2,1-2H3. The first kappa shape index (κ1) is 18.0. The number of hydrogen-bond acceptors (Lipinski definition) is 6. The van der Waals surface area contributed by atoms with E-state index in [0.717, 1.165) is 29.4 Å². The molecule has 1 aliphatic carbocycles. The third kappa shape index (κ3) is 3.09. The Morgan fingerprint density at radius 1 is 1.14 bits per heavy atom. The molecule has 144 valence electrons. The second-order valence-corrected chi connectivity index (χ2v) is 6.88. The monoisotopic (exact) mass is 381 g/mol. The van der Waals surface area contributed by atoms with Crippen LogP contribution in [0.2, 0.25) is 0 Å². The normalized spacial score (nSPS) is 12.8. The first-order chi connectivity index (χ1) is 13.5. The number of benzene rings is 2. The molecule has 0 amide bonds. The molecule has 0 saturated heterocycles. The van der Waals surface area contributed by atoms with Crippen molar-refractivity contribution in [1.29, 1.82) is 0 Å². The number of fused-ring (bicyclic) bond motifs is 3. The molecule has 7 nitrogen and oxygen atoms in total. The van der Waals surface area contributed by atoms with Crippen LogP contribution < -0.4 is 15.1 Å². The molecule has 2 aromatic carbocycles. The van der Waals surface area contributed by atoms with E-state index in [9.17, 15) is 14.9 Å². The van der Waals surface area contributed by atoms with Gasteiger partial charge in [-0.05, 0) is 55.5 Å². The SMILES string of the molecule is COc1ccc([N+](=O)[O-])cc1COc1cc(C)cc2oc(=O)c3c(c12)CCC3. The number of nitro benzene ring substituents is 1. The molecule has 0 N–H and O–H groups in total. The molecule has 3 aromatic rings. The predicted octanol–water partition coefficient (Wildman–Crippen LogP) is 4.09. The predicted molar refractivity (Wildman–Crippen MR) is 103 cm³/mol. The zero-order chi connectivity index (χ0) is 19.8. The largest absolute Gasteiger partial charge is 0.496 e. The van der Waals surface area contributed by atoms with Gasteiger partial charge in [0.25, 0.3) is 5.69 Å². The average molecular weight is 381 g/mol. The Morgan fingerprint density at radius 3 is 2.68 bits per heavy atom. The molecule has 7 heteroatoms. The first-order valence-corrected chi connectivity index (χ1v) is 9.01. The third-order valence-electron chi connectivity index (χ3n) is 5.04. The molecule has 0 atom stereocenters. The van der Waals surface area contributed by atoms with E-state index in [1.807, 2.05) is 19.1 Å². The molecular weight excluding hydrogens is 362 g/mol. The van der Waals surface area contributed by atoms with Crippen LogP contribution in [0.3, 0.4) is 0 Å².